The Labute approximate surface area is 75.2 Å². The van der Waals surface area contributed by atoms with E-state index in [9.17, 15) is 8.42 Å². The third kappa shape index (κ3) is 9.87. The number of sulfonamides is 1. The van der Waals surface area contributed by atoms with Gasteiger partial charge in [-0.15, -0.1) is 13.0 Å². The number of nitrogens with one attached hydrogen (secondary N) is 1. The van der Waals surface area contributed by atoms with Crippen molar-refractivity contribution in [3.05, 3.63) is 6.54 Å². The molecule has 0 aliphatic rings. The van der Waals surface area contributed by atoms with E-state index in [1.165, 1.54) is 6.26 Å². The highest BCUT2D eigenvalue weighted by Gasteiger charge is 1.99. The maximum Gasteiger partial charge on any atom is 0.208 e. The Balaban J connectivity index is 3.48. The van der Waals surface area contributed by atoms with Crippen LogP contribution >= 0.6 is 0 Å². The molecule has 0 aromatic carbocycles. The van der Waals surface area contributed by atoms with Crippen molar-refractivity contribution in [1.82, 2.24) is 4.72 Å². The van der Waals surface area contributed by atoms with Crippen molar-refractivity contribution in [2.24, 2.45) is 0 Å². The summed E-state index contributed by atoms with van der Waals surface area (Å²) in [6.45, 7) is 2.52. The van der Waals surface area contributed by atoms with Gasteiger partial charge in [-0.25, -0.2) is 13.1 Å². The monoisotopic (exact) mass is 194 g/mol. The third-order valence-corrected chi connectivity index (χ3v) is 1.91. The zero-order valence-electron chi connectivity index (χ0n) is 8.16. The van der Waals surface area contributed by atoms with Crippen molar-refractivity contribution in [3.8, 4) is 0 Å². The molecule has 0 saturated carbocycles. The van der Waals surface area contributed by atoms with Crippen molar-refractivity contribution in [2.45, 2.75) is 6.42 Å². The normalized spacial score (nSPS) is 13.3. The molecule has 0 aromatic rings. The molecule has 0 radical (unpaired) electrons. The summed E-state index contributed by atoms with van der Waals surface area (Å²) in [6, 6.07) is 0. The fourth-order valence-corrected chi connectivity index (χ4v) is 1.18. The van der Waals surface area contributed by atoms with Gasteiger partial charge in [-0.05, 0) is 6.54 Å². The molecular formula is C7H18N2O2S. The Morgan fingerprint density at radius 3 is 2.17 bits per heavy atom. The molecular weight excluding hydrogens is 176 g/mol. The van der Waals surface area contributed by atoms with E-state index in [0.29, 0.717) is 6.54 Å². The van der Waals surface area contributed by atoms with Crippen LogP contribution in [0.4, 0.5) is 0 Å². The van der Waals surface area contributed by atoms with Crippen LogP contribution in [0.3, 0.4) is 0 Å². The van der Waals surface area contributed by atoms with Gasteiger partial charge < -0.3 is 4.48 Å². The SMILES string of the molecule is C[N+](C)(C)[CH-]CCNS(C)(=O)=O. The lowest BCUT2D eigenvalue weighted by atomic mass is 10.4. The molecule has 0 unspecified atom stereocenters. The smallest absolute Gasteiger partial charge is 0.208 e. The molecule has 0 bridgehead atoms. The van der Waals surface area contributed by atoms with Gasteiger partial charge in [0.1, 0.15) is 0 Å². The number of hydrogen-bond donors (Lipinski definition) is 1. The summed E-state index contributed by atoms with van der Waals surface area (Å²) in [5, 5.41) is 0. The average molecular weight is 194 g/mol. The Morgan fingerprint density at radius 1 is 1.33 bits per heavy atom. The molecule has 0 aliphatic carbocycles. The van der Waals surface area contributed by atoms with Gasteiger partial charge in [0.25, 0.3) is 0 Å². The summed E-state index contributed by atoms with van der Waals surface area (Å²) in [6.07, 6.45) is 1.91. The zero-order valence-corrected chi connectivity index (χ0v) is 8.98. The summed E-state index contributed by atoms with van der Waals surface area (Å²) >= 11 is 0. The molecule has 1 N–H and O–H groups in total. The summed E-state index contributed by atoms with van der Waals surface area (Å²) in [4.78, 5) is 0. The van der Waals surface area contributed by atoms with Gasteiger partial charge >= 0.3 is 0 Å². The minimum atomic E-state index is -3.02. The molecule has 0 heterocycles. The Bertz CT molecular complexity index is 216. The molecule has 5 heteroatoms. The highest BCUT2D eigenvalue weighted by Crippen LogP contribution is 1.98. The van der Waals surface area contributed by atoms with Gasteiger partial charge in [0.05, 0.1) is 6.26 Å². The average Bonchev–Trinajstić information content (AvgIpc) is 1.76. The van der Waals surface area contributed by atoms with Gasteiger partial charge in [-0.3, -0.25) is 0 Å². The van der Waals surface area contributed by atoms with Crippen molar-refractivity contribution in [1.29, 1.82) is 0 Å². The van der Waals surface area contributed by atoms with Crippen LogP contribution in [0.15, 0.2) is 0 Å². The first-order chi connectivity index (χ1) is 5.21. The van der Waals surface area contributed by atoms with Gasteiger partial charge in [0.15, 0.2) is 0 Å². The maximum absolute atomic E-state index is 10.6. The van der Waals surface area contributed by atoms with E-state index in [1.54, 1.807) is 0 Å². The Morgan fingerprint density at radius 2 is 1.83 bits per heavy atom. The molecule has 0 amide bonds. The van der Waals surface area contributed by atoms with Crippen molar-refractivity contribution >= 4 is 10.0 Å². The first kappa shape index (κ1) is 11.9. The highest BCUT2D eigenvalue weighted by atomic mass is 32.2. The molecule has 0 aromatic heterocycles. The van der Waals surface area contributed by atoms with Crippen LogP contribution < -0.4 is 4.72 Å². The highest BCUT2D eigenvalue weighted by molar-refractivity contribution is 7.88. The van der Waals surface area contributed by atoms with Crippen molar-refractivity contribution in [2.75, 3.05) is 33.9 Å². The van der Waals surface area contributed by atoms with Crippen LogP contribution in [0.5, 0.6) is 0 Å². The molecule has 74 valence electrons. The second-order valence-corrected chi connectivity index (χ2v) is 5.59. The first-order valence-corrected chi connectivity index (χ1v) is 5.70. The lowest BCUT2D eigenvalue weighted by molar-refractivity contribution is -0.840. The van der Waals surface area contributed by atoms with E-state index in [0.717, 1.165) is 10.9 Å². The second kappa shape index (κ2) is 4.20. The van der Waals surface area contributed by atoms with Gasteiger partial charge in [-0.2, -0.15) is 0 Å². The van der Waals surface area contributed by atoms with Crippen LogP contribution in [-0.2, 0) is 10.0 Å². The van der Waals surface area contributed by atoms with E-state index in [1.807, 2.05) is 27.7 Å². The molecule has 0 fully saturated rings. The Kier molecular flexibility index (Phi) is 4.16. The molecule has 12 heavy (non-hydrogen) atoms. The van der Waals surface area contributed by atoms with Crippen molar-refractivity contribution < 1.29 is 12.9 Å². The maximum atomic E-state index is 10.6. The number of nitrogens with zero attached hydrogens (tertiary/aromatic N) is 1. The standard InChI is InChI=1S/C7H18N2O2S/c1-9(2,3)7-5-6-8-12(4,10)11/h7-8H,5-6H2,1-4H3. The molecule has 4 nitrogen and oxygen atoms in total. The van der Waals surface area contributed by atoms with Crippen LogP contribution in [0.1, 0.15) is 6.42 Å². The fraction of sp³-hybridized carbons (Fsp3) is 0.857. The van der Waals surface area contributed by atoms with Gasteiger partial charge in [0, 0.05) is 21.1 Å². The fourth-order valence-electron chi connectivity index (χ4n) is 0.696. The van der Waals surface area contributed by atoms with Crippen LogP contribution in [-0.4, -0.2) is 46.8 Å². The van der Waals surface area contributed by atoms with Crippen molar-refractivity contribution in [3.63, 3.8) is 0 Å². The van der Waals surface area contributed by atoms with Gasteiger partial charge in [0.2, 0.25) is 10.0 Å². The summed E-state index contributed by atoms with van der Waals surface area (Å²) in [5.41, 5.74) is 0. The number of quaternary nitrogens is 1. The predicted octanol–water partition coefficient (Wildman–Crippen LogP) is -0.206. The largest absolute Gasteiger partial charge is 0.462 e. The predicted molar refractivity (Wildman–Crippen MR) is 49.8 cm³/mol. The third-order valence-electron chi connectivity index (χ3n) is 1.19. The molecule has 0 atom stereocenters. The summed E-state index contributed by atoms with van der Waals surface area (Å²) < 4.78 is 24.4. The molecule has 0 rings (SSSR count). The molecule has 0 spiro atoms. The van der Waals surface area contributed by atoms with E-state index in [4.69, 9.17) is 0 Å². The van der Waals surface area contributed by atoms with E-state index >= 15 is 0 Å². The first-order valence-electron chi connectivity index (χ1n) is 3.81. The zero-order chi connectivity index (χ0) is 9.83. The quantitative estimate of drug-likeness (QED) is 0.374. The topological polar surface area (TPSA) is 46.2 Å². The lowest BCUT2D eigenvalue weighted by Crippen LogP contribution is -2.33. The Hall–Kier alpha value is -0.130. The van der Waals surface area contributed by atoms with Gasteiger partial charge in [-0.1, -0.05) is 0 Å². The number of rotatable bonds is 5. The van der Waals surface area contributed by atoms with Crippen LogP contribution in [0.2, 0.25) is 0 Å². The summed E-state index contributed by atoms with van der Waals surface area (Å²) in [7, 11) is 3.07. The summed E-state index contributed by atoms with van der Waals surface area (Å²) in [5.74, 6) is 0. The lowest BCUT2D eigenvalue weighted by Gasteiger charge is -2.34. The number of hydrogen-bond acceptors (Lipinski definition) is 2. The molecule has 0 aliphatic heterocycles. The van der Waals surface area contributed by atoms with Crippen LogP contribution in [0.25, 0.3) is 0 Å². The van der Waals surface area contributed by atoms with E-state index in [2.05, 4.69) is 4.72 Å². The second-order valence-electron chi connectivity index (χ2n) is 3.75. The minimum absolute atomic E-state index is 0.481. The van der Waals surface area contributed by atoms with E-state index in [-0.39, 0.29) is 0 Å². The minimum Gasteiger partial charge on any atom is -0.462 e. The van der Waals surface area contributed by atoms with Crippen LogP contribution in [0, 0.1) is 6.54 Å². The van der Waals surface area contributed by atoms with E-state index < -0.39 is 10.0 Å². The molecule has 0 saturated heterocycles.